The van der Waals surface area contributed by atoms with Crippen molar-refractivity contribution in [2.24, 2.45) is 0 Å². The highest BCUT2D eigenvalue weighted by Crippen LogP contribution is 2.24. The summed E-state index contributed by atoms with van der Waals surface area (Å²) >= 11 is 0. The van der Waals surface area contributed by atoms with Crippen molar-refractivity contribution in [3.05, 3.63) is 0 Å². The summed E-state index contributed by atoms with van der Waals surface area (Å²) in [4.78, 5) is 2.54. The van der Waals surface area contributed by atoms with Crippen molar-refractivity contribution in [1.29, 1.82) is 0 Å². The molecule has 0 saturated carbocycles. The van der Waals surface area contributed by atoms with E-state index in [4.69, 9.17) is 4.74 Å². The second-order valence-corrected chi connectivity index (χ2v) is 4.65. The summed E-state index contributed by atoms with van der Waals surface area (Å²) in [5, 5.41) is 3.59. The quantitative estimate of drug-likeness (QED) is 0.639. The van der Waals surface area contributed by atoms with E-state index in [2.05, 4.69) is 51.8 Å². The van der Waals surface area contributed by atoms with E-state index in [9.17, 15) is 0 Å². The molecule has 0 aromatic heterocycles. The third-order valence-corrected chi connectivity index (χ3v) is 3.89. The lowest BCUT2D eigenvalue weighted by Crippen LogP contribution is -2.61. The molecule has 0 aliphatic carbocycles. The van der Waals surface area contributed by atoms with E-state index in [1.54, 1.807) is 0 Å². The normalized spacial score (nSPS) is 17.1. The van der Waals surface area contributed by atoms with Gasteiger partial charge in [-0.2, -0.15) is 0 Å². The highest BCUT2D eigenvalue weighted by Gasteiger charge is 2.36. The van der Waals surface area contributed by atoms with Gasteiger partial charge in [0, 0.05) is 18.2 Å². The molecular weight excluding hydrogens is 212 g/mol. The lowest BCUT2D eigenvalue weighted by Gasteiger charge is -2.46. The van der Waals surface area contributed by atoms with Crippen molar-refractivity contribution < 1.29 is 4.74 Å². The smallest absolute Gasteiger partial charge is 0.0637 e. The molecule has 0 aromatic rings. The molecule has 3 nitrogen and oxygen atoms in total. The van der Waals surface area contributed by atoms with Crippen molar-refractivity contribution in [1.82, 2.24) is 10.2 Å². The van der Waals surface area contributed by atoms with Crippen molar-refractivity contribution in [3.8, 4) is 0 Å². The largest absolute Gasteiger partial charge is 0.380 e. The summed E-state index contributed by atoms with van der Waals surface area (Å²) in [6, 6.07) is 0.400. The zero-order valence-electron chi connectivity index (χ0n) is 12.7. The predicted molar refractivity (Wildman–Crippen MR) is 75.6 cm³/mol. The number of hydrogen-bond acceptors (Lipinski definition) is 3. The first-order valence-electron chi connectivity index (χ1n) is 7.16. The van der Waals surface area contributed by atoms with Crippen LogP contribution in [-0.4, -0.2) is 49.3 Å². The Hall–Kier alpha value is -0.120. The maximum absolute atomic E-state index is 5.65. The van der Waals surface area contributed by atoms with E-state index in [-0.39, 0.29) is 5.54 Å². The van der Waals surface area contributed by atoms with Crippen LogP contribution < -0.4 is 5.32 Å². The fourth-order valence-corrected chi connectivity index (χ4v) is 2.58. The van der Waals surface area contributed by atoms with E-state index in [1.807, 2.05) is 0 Å². The minimum Gasteiger partial charge on any atom is -0.380 e. The number of nitrogens with zero attached hydrogens (tertiary/aromatic N) is 1. The molecule has 0 aliphatic heterocycles. The topological polar surface area (TPSA) is 24.5 Å². The van der Waals surface area contributed by atoms with Gasteiger partial charge in [-0.1, -0.05) is 27.7 Å². The SMILES string of the molecule is CCNC(COCC)C(C)(CC)N(CC)CC. The highest BCUT2D eigenvalue weighted by atomic mass is 16.5. The van der Waals surface area contributed by atoms with Gasteiger partial charge < -0.3 is 10.1 Å². The molecule has 0 amide bonds. The average molecular weight is 244 g/mol. The molecule has 0 fully saturated rings. The summed E-state index contributed by atoms with van der Waals surface area (Å²) in [5.41, 5.74) is 0.175. The van der Waals surface area contributed by atoms with Gasteiger partial charge in [0.25, 0.3) is 0 Å². The predicted octanol–water partition coefficient (Wildman–Crippen LogP) is 2.51. The molecule has 0 rings (SSSR count). The Morgan fingerprint density at radius 1 is 1.12 bits per heavy atom. The van der Waals surface area contributed by atoms with E-state index in [1.165, 1.54) is 0 Å². The van der Waals surface area contributed by atoms with Crippen molar-refractivity contribution in [3.63, 3.8) is 0 Å². The Labute approximate surface area is 108 Å². The number of hydrogen-bond donors (Lipinski definition) is 1. The summed E-state index contributed by atoms with van der Waals surface area (Å²) in [7, 11) is 0. The zero-order chi connectivity index (χ0) is 13.3. The third-order valence-electron chi connectivity index (χ3n) is 3.89. The fraction of sp³-hybridized carbons (Fsp3) is 1.00. The van der Waals surface area contributed by atoms with Crippen LogP contribution in [-0.2, 0) is 4.74 Å². The van der Waals surface area contributed by atoms with E-state index < -0.39 is 0 Å². The second-order valence-electron chi connectivity index (χ2n) is 4.65. The molecular formula is C14H32N2O. The summed E-state index contributed by atoms with van der Waals surface area (Å²) in [6.45, 7) is 18.1. The van der Waals surface area contributed by atoms with Crippen molar-refractivity contribution >= 4 is 0 Å². The van der Waals surface area contributed by atoms with Gasteiger partial charge in [-0.3, -0.25) is 4.90 Å². The molecule has 0 radical (unpaired) electrons. The number of ether oxygens (including phenoxy) is 1. The lowest BCUT2D eigenvalue weighted by atomic mass is 9.87. The number of nitrogens with one attached hydrogen (secondary N) is 1. The maximum atomic E-state index is 5.65. The molecule has 0 aliphatic rings. The summed E-state index contributed by atoms with van der Waals surface area (Å²) in [5.74, 6) is 0. The van der Waals surface area contributed by atoms with Crippen LogP contribution in [0.25, 0.3) is 0 Å². The molecule has 0 bridgehead atoms. The van der Waals surface area contributed by atoms with Gasteiger partial charge in [-0.15, -0.1) is 0 Å². The van der Waals surface area contributed by atoms with Crippen LogP contribution in [0.5, 0.6) is 0 Å². The molecule has 3 heteroatoms. The molecule has 0 spiro atoms. The van der Waals surface area contributed by atoms with Crippen molar-refractivity contribution in [2.75, 3.05) is 32.8 Å². The van der Waals surface area contributed by atoms with Gasteiger partial charge >= 0.3 is 0 Å². The van der Waals surface area contributed by atoms with Crippen LogP contribution in [0.3, 0.4) is 0 Å². The minimum atomic E-state index is 0.175. The van der Waals surface area contributed by atoms with Crippen LogP contribution in [0.2, 0.25) is 0 Å². The summed E-state index contributed by atoms with van der Waals surface area (Å²) < 4.78 is 5.65. The minimum absolute atomic E-state index is 0.175. The van der Waals surface area contributed by atoms with Crippen molar-refractivity contribution in [2.45, 2.75) is 59.5 Å². The summed E-state index contributed by atoms with van der Waals surface area (Å²) in [6.07, 6.45) is 1.14. The van der Waals surface area contributed by atoms with E-state index >= 15 is 0 Å². The van der Waals surface area contributed by atoms with Gasteiger partial charge in [0.05, 0.1) is 6.61 Å². The number of rotatable bonds is 10. The molecule has 2 atom stereocenters. The highest BCUT2D eigenvalue weighted by molar-refractivity contribution is 4.95. The molecule has 17 heavy (non-hydrogen) atoms. The molecule has 2 unspecified atom stereocenters. The standard InChI is InChI=1S/C14H32N2O/c1-7-14(6,16(9-3)10-4)13(15-8-2)12-17-11-5/h13,15H,7-12H2,1-6H3. The van der Waals surface area contributed by atoms with Gasteiger partial charge in [0.1, 0.15) is 0 Å². The van der Waals surface area contributed by atoms with Crippen LogP contribution in [0.15, 0.2) is 0 Å². The Bertz CT molecular complexity index is 183. The molecule has 0 saturated heterocycles. The first-order valence-corrected chi connectivity index (χ1v) is 7.16. The first kappa shape index (κ1) is 16.9. The van der Waals surface area contributed by atoms with E-state index in [0.29, 0.717) is 6.04 Å². The maximum Gasteiger partial charge on any atom is 0.0637 e. The van der Waals surface area contributed by atoms with Gasteiger partial charge in [0.2, 0.25) is 0 Å². The van der Waals surface area contributed by atoms with Gasteiger partial charge in [-0.25, -0.2) is 0 Å². The number of likely N-dealkylation sites (N-methyl/N-ethyl adjacent to an activating group) is 2. The molecule has 1 N–H and O–H groups in total. The van der Waals surface area contributed by atoms with Crippen LogP contribution >= 0.6 is 0 Å². The molecule has 0 aromatic carbocycles. The Kier molecular flexibility index (Phi) is 8.83. The third kappa shape index (κ3) is 4.57. The van der Waals surface area contributed by atoms with Crippen LogP contribution in [0, 0.1) is 0 Å². The fourth-order valence-electron chi connectivity index (χ4n) is 2.58. The molecule has 0 heterocycles. The van der Waals surface area contributed by atoms with Crippen LogP contribution in [0.4, 0.5) is 0 Å². The second kappa shape index (κ2) is 8.90. The monoisotopic (exact) mass is 244 g/mol. The first-order chi connectivity index (χ1) is 8.10. The molecule has 104 valence electrons. The lowest BCUT2D eigenvalue weighted by molar-refractivity contribution is 0.0210. The Morgan fingerprint density at radius 2 is 1.71 bits per heavy atom. The Morgan fingerprint density at radius 3 is 2.06 bits per heavy atom. The van der Waals surface area contributed by atoms with Crippen LogP contribution in [0.1, 0.15) is 48.0 Å². The van der Waals surface area contributed by atoms with E-state index in [0.717, 1.165) is 39.3 Å². The van der Waals surface area contributed by atoms with Gasteiger partial charge in [-0.05, 0) is 39.9 Å². The average Bonchev–Trinajstić information content (AvgIpc) is 2.35. The van der Waals surface area contributed by atoms with Gasteiger partial charge in [0.15, 0.2) is 0 Å². The zero-order valence-corrected chi connectivity index (χ0v) is 12.7. The Balaban J connectivity index is 4.81.